The number of hydrogen-bond donors (Lipinski definition) is 1. The van der Waals surface area contributed by atoms with Crippen LogP contribution in [0.15, 0.2) is 24.3 Å². The van der Waals surface area contributed by atoms with E-state index < -0.39 is 7.60 Å². The molecule has 3 nitrogen and oxygen atoms in total. The van der Waals surface area contributed by atoms with E-state index in [1.54, 1.807) is 6.92 Å². The maximum Gasteiger partial charge on any atom is 0.332 e. The maximum absolute atomic E-state index is 11.4. The Bertz CT molecular complexity index is 349. The van der Waals surface area contributed by atoms with Crippen molar-refractivity contribution in [2.24, 2.45) is 0 Å². The van der Waals surface area contributed by atoms with E-state index in [-0.39, 0.29) is 12.8 Å². The first-order chi connectivity index (χ1) is 6.53. The molecule has 1 aromatic rings. The van der Waals surface area contributed by atoms with Gasteiger partial charge in [-0.15, -0.1) is 0 Å². The molecule has 0 spiro atoms. The summed E-state index contributed by atoms with van der Waals surface area (Å²) in [6.45, 7) is 3.92. The van der Waals surface area contributed by atoms with E-state index in [1.807, 2.05) is 31.2 Å². The highest BCUT2D eigenvalue weighted by Crippen LogP contribution is 2.45. The quantitative estimate of drug-likeness (QED) is 0.784. The lowest BCUT2D eigenvalue weighted by molar-refractivity contribution is 0.272. The van der Waals surface area contributed by atoms with Crippen molar-refractivity contribution in [1.29, 1.82) is 0 Å². The summed E-state index contributed by atoms with van der Waals surface area (Å²) in [6, 6.07) is 7.54. The zero-order valence-electron chi connectivity index (χ0n) is 8.43. The Kier molecular flexibility index (Phi) is 3.87. The normalized spacial score (nSPS) is 15.1. The lowest BCUT2D eigenvalue weighted by Crippen LogP contribution is -1.93. The first-order valence-corrected chi connectivity index (χ1v) is 6.31. The van der Waals surface area contributed by atoms with Gasteiger partial charge in [-0.05, 0) is 19.4 Å². The Labute approximate surface area is 84.3 Å². The Balaban J connectivity index is 2.73. The van der Waals surface area contributed by atoms with Gasteiger partial charge in [0.25, 0.3) is 0 Å². The molecule has 0 radical (unpaired) electrons. The number of rotatable bonds is 4. The fourth-order valence-electron chi connectivity index (χ4n) is 1.29. The van der Waals surface area contributed by atoms with Gasteiger partial charge in [0.05, 0.1) is 12.8 Å². The molecule has 0 aromatic heterocycles. The van der Waals surface area contributed by atoms with E-state index >= 15 is 0 Å². The topological polar surface area (TPSA) is 46.5 Å². The second-order valence-corrected chi connectivity index (χ2v) is 5.05. The Morgan fingerprint density at radius 1 is 1.50 bits per heavy atom. The lowest BCUT2D eigenvalue weighted by Gasteiger charge is -2.10. The van der Waals surface area contributed by atoms with Crippen LogP contribution in [0.1, 0.15) is 18.1 Å². The summed E-state index contributed by atoms with van der Waals surface area (Å²) in [4.78, 5) is 9.39. The Morgan fingerprint density at radius 3 is 2.79 bits per heavy atom. The van der Waals surface area contributed by atoms with Crippen LogP contribution in [0.5, 0.6) is 0 Å². The molecule has 1 N–H and O–H groups in total. The zero-order chi connectivity index (χ0) is 10.6. The van der Waals surface area contributed by atoms with Crippen LogP contribution in [-0.2, 0) is 15.3 Å². The summed E-state index contributed by atoms with van der Waals surface area (Å²) in [5, 5.41) is 0. The predicted octanol–water partition coefficient (Wildman–Crippen LogP) is 2.72. The van der Waals surface area contributed by atoms with E-state index in [1.165, 1.54) is 0 Å². The van der Waals surface area contributed by atoms with E-state index in [2.05, 4.69) is 0 Å². The van der Waals surface area contributed by atoms with Crippen molar-refractivity contribution in [3.63, 3.8) is 0 Å². The minimum atomic E-state index is -3.43. The third-order valence-corrected chi connectivity index (χ3v) is 3.22. The summed E-state index contributed by atoms with van der Waals surface area (Å²) in [7, 11) is -3.43. The smallest absolute Gasteiger partial charge is 0.324 e. The molecule has 1 atom stereocenters. The molecule has 1 rings (SSSR count). The van der Waals surface area contributed by atoms with Crippen molar-refractivity contribution in [3.8, 4) is 0 Å². The van der Waals surface area contributed by atoms with Gasteiger partial charge in [0.15, 0.2) is 0 Å². The molecule has 4 heteroatoms. The SMILES string of the molecule is CCOP(=O)(O)Cc1cccc(C)c1. The number of aryl methyl sites for hydroxylation is 1. The van der Waals surface area contributed by atoms with Crippen molar-refractivity contribution >= 4 is 7.60 Å². The fourth-order valence-corrected chi connectivity index (χ4v) is 2.44. The van der Waals surface area contributed by atoms with Crippen LogP contribution in [-0.4, -0.2) is 11.5 Å². The number of hydrogen-bond acceptors (Lipinski definition) is 2. The summed E-state index contributed by atoms with van der Waals surface area (Å²) in [6.07, 6.45) is 0.0858. The van der Waals surface area contributed by atoms with Crippen molar-refractivity contribution in [3.05, 3.63) is 35.4 Å². The maximum atomic E-state index is 11.4. The van der Waals surface area contributed by atoms with Gasteiger partial charge in [-0.25, -0.2) is 0 Å². The molecule has 0 aliphatic heterocycles. The predicted molar refractivity (Wildman–Crippen MR) is 56.3 cm³/mol. The van der Waals surface area contributed by atoms with Gasteiger partial charge in [-0.1, -0.05) is 29.8 Å². The minimum Gasteiger partial charge on any atom is -0.324 e. The van der Waals surface area contributed by atoms with Gasteiger partial charge in [-0.2, -0.15) is 0 Å². The van der Waals surface area contributed by atoms with Crippen molar-refractivity contribution in [2.45, 2.75) is 20.0 Å². The van der Waals surface area contributed by atoms with Crippen molar-refractivity contribution < 1.29 is 14.0 Å². The first-order valence-electron chi connectivity index (χ1n) is 4.55. The van der Waals surface area contributed by atoms with Crippen molar-refractivity contribution in [2.75, 3.05) is 6.61 Å². The van der Waals surface area contributed by atoms with Crippen molar-refractivity contribution in [1.82, 2.24) is 0 Å². The van der Waals surface area contributed by atoms with Gasteiger partial charge >= 0.3 is 7.60 Å². The van der Waals surface area contributed by atoms with E-state index in [4.69, 9.17) is 4.52 Å². The standard InChI is InChI=1S/C10H15O3P/c1-3-13-14(11,12)8-10-6-4-5-9(2)7-10/h4-7H,3,8H2,1-2H3,(H,11,12). The van der Waals surface area contributed by atoms with Crippen LogP contribution in [0.25, 0.3) is 0 Å². The highest BCUT2D eigenvalue weighted by molar-refractivity contribution is 7.51. The second-order valence-electron chi connectivity index (χ2n) is 3.20. The molecular weight excluding hydrogens is 199 g/mol. The molecule has 0 aliphatic rings. The van der Waals surface area contributed by atoms with Gasteiger partial charge in [0.1, 0.15) is 0 Å². The second kappa shape index (κ2) is 4.74. The van der Waals surface area contributed by atoms with Gasteiger partial charge < -0.3 is 9.42 Å². The fraction of sp³-hybridized carbons (Fsp3) is 0.400. The summed E-state index contributed by atoms with van der Waals surface area (Å²) in [5.41, 5.74) is 1.92. The molecule has 14 heavy (non-hydrogen) atoms. The highest BCUT2D eigenvalue weighted by atomic mass is 31.2. The monoisotopic (exact) mass is 214 g/mol. The summed E-state index contributed by atoms with van der Waals surface area (Å²) >= 11 is 0. The highest BCUT2D eigenvalue weighted by Gasteiger charge is 2.18. The van der Waals surface area contributed by atoms with Crippen LogP contribution < -0.4 is 0 Å². The van der Waals surface area contributed by atoms with Gasteiger partial charge in [-0.3, -0.25) is 4.57 Å². The van der Waals surface area contributed by atoms with Crippen LogP contribution in [0.2, 0.25) is 0 Å². The van der Waals surface area contributed by atoms with Crippen LogP contribution >= 0.6 is 7.60 Å². The van der Waals surface area contributed by atoms with Crippen LogP contribution in [0.3, 0.4) is 0 Å². The van der Waals surface area contributed by atoms with E-state index in [0.29, 0.717) is 0 Å². The van der Waals surface area contributed by atoms with Crippen LogP contribution in [0, 0.1) is 6.92 Å². The van der Waals surface area contributed by atoms with Crippen LogP contribution in [0.4, 0.5) is 0 Å². The third-order valence-electron chi connectivity index (χ3n) is 1.80. The summed E-state index contributed by atoms with van der Waals surface area (Å²) in [5.74, 6) is 0. The first kappa shape index (κ1) is 11.4. The molecule has 0 bridgehead atoms. The summed E-state index contributed by atoms with van der Waals surface area (Å²) < 4.78 is 16.2. The average molecular weight is 214 g/mol. The third kappa shape index (κ3) is 3.62. The lowest BCUT2D eigenvalue weighted by atomic mass is 10.2. The number of benzene rings is 1. The Hall–Kier alpha value is -0.630. The van der Waals surface area contributed by atoms with E-state index in [9.17, 15) is 9.46 Å². The molecule has 1 aromatic carbocycles. The molecule has 0 saturated carbocycles. The molecule has 1 unspecified atom stereocenters. The van der Waals surface area contributed by atoms with Gasteiger partial charge in [0.2, 0.25) is 0 Å². The largest absolute Gasteiger partial charge is 0.332 e. The Morgan fingerprint density at radius 2 is 2.21 bits per heavy atom. The minimum absolute atomic E-state index is 0.0858. The average Bonchev–Trinajstić information content (AvgIpc) is 2.02. The van der Waals surface area contributed by atoms with E-state index in [0.717, 1.165) is 11.1 Å². The molecule has 0 amide bonds. The molecule has 78 valence electrons. The molecule has 0 aliphatic carbocycles. The molecule has 0 fully saturated rings. The van der Waals surface area contributed by atoms with Gasteiger partial charge in [0, 0.05) is 0 Å². The zero-order valence-corrected chi connectivity index (χ0v) is 9.33. The molecule has 0 heterocycles. The molecular formula is C10H15O3P. The molecule has 0 saturated heterocycles.